The van der Waals surface area contributed by atoms with Crippen LogP contribution in [-0.4, -0.2) is 112 Å². The second kappa shape index (κ2) is 14.8. The topological polar surface area (TPSA) is 247 Å². The van der Waals surface area contributed by atoms with Gasteiger partial charge in [0.1, 0.15) is 58.7 Å². The number of methoxy groups -OCH3 is 3. The number of aliphatic hydroxyl groups excluding tert-OH is 5. The van der Waals surface area contributed by atoms with E-state index in [1.807, 2.05) is 0 Å². The highest BCUT2D eigenvalue weighted by molar-refractivity contribution is 5.86. The summed E-state index contributed by atoms with van der Waals surface area (Å²) in [6.45, 7) is -1.46. The summed E-state index contributed by atoms with van der Waals surface area (Å²) < 4.78 is 40.1. The largest absolute Gasteiger partial charge is 0.508 e. The summed E-state index contributed by atoms with van der Waals surface area (Å²) in [5.74, 6) is -0.960. The molecule has 1 fully saturated rings. The minimum absolute atomic E-state index is 0.0179. The molecule has 0 unspecified atom stereocenters. The van der Waals surface area contributed by atoms with Crippen molar-refractivity contribution in [2.75, 3.05) is 34.5 Å². The van der Waals surface area contributed by atoms with Crippen molar-refractivity contribution in [1.29, 1.82) is 0 Å². The summed E-state index contributed by atoms with van der Waals surface area (Å²) in [5, 5.41) is 81.8. The zero-order valence-corrected chi connectivity index (χ0v) is 26.4. The molecule has 3 aromatic carbocycles. The van der Waals surface area contributed by atoms with E-state index in [4.69, 9.17) is 32.8 Å². The van der Waals surface area contributed by atoms with E-state index in [0.29, 0.717) is 0 Å². The highest BCUT2D eigenvalue weighted by Crippen LogP contribution is 2.44. The van der Waals surface area contributed by atoms with Gasteiger partial charge >= 0.3 is 0 Å². The second-order valence-corrected chi connectivity index (χ2v) is 11.0. The van der Waals surface area contributed by atoms with E-state index < -0.39 is 67.3 Å². The summed E-state index contributed by atoms with van der Waals surface area (Å²) >= 11 is 0. The van der Waals surface area contributed by atoms with Gasteiger partial charge in [-0.2, -0.15) is 0 Å². The van der Waals surface area contributed by atoms with Crippen molar-refractivity contribution in [3.63, 3.8) is 0 Å². The molecule has 1 aliphatic heterocycles. The molecular formula is C33H36O16. The molecule has 1 aromatic heterocycles. The number of ether oxygens (including phenoxy) is 6. The monoisotopic (exact) mass is 688 g/mol. The van der Waals surface area contributed by atoms with Crippen LogP contribution < -0.4 is 24.4 Å². The number of phenols is 3. The van der Waals surface area contributed by atoms with Crippen LogP contribution in [0.5, 0.6) is 40.2 Å². The molecule has 264 valence electrons. The average molecular weight is 689 g/mol. The fraction of sp³-hybridized carbons (Fsp3) is 0.364. The van der Waals surface area contributed by atoms with E-state index in [-0.39, 0.29) is 62.4 Å². The third-order valence-electron chi connectivity index (χ3n) is 7.99. The van der Waals surface area contributed by atoms with E-state index in [2.05, 4.69) is 0 Å². The first-order chi connectivity index (χ1) is 23.4. The molecule has 2 heterocycles. The Morgan fingerprint density at radius 3 is 2.08 bits per heavy atom. The minimum atomic E-state index is -1.80. The van der Waals surface area contributed by atoms with Gasteiger partial charge in [-0.25, -0.2) is 0 Å². The first-order valence-corrected chi connectivity index (χ1v) is 14.8. The number of benzene rings is 3. The van der Waals surface area contributed by atoms with Crippen molar-refractivity contribution in [2.24, 2.45) is 0 Å². The Bertz CT molecular complexity index is 1810. The molecule has 4 aromatic rings. The Morgan fingerprint density at radius 1 is 0.796 bits per heavy atom. The van der Waals surface area contributed by atoms with E-state index in [9.17, 15) is 45.6 Å². The van der Waals surface area contributed by atoms with Gasteiger partial charge in [0, 0.05) is 23.8 Å². The predicted octanol–water partition coefficient (Wildman–Crippen LogP) is 0.900. The van der Waals surface area contributed by atoms with Crippen LogP contribution in [0.2, 0.25) is 0 Å². The normalized spacial score (nSPS) is 22.0. The van der Waals surface area contributed by atoms with Crippen LogP contribution in [0.4, 0.5) is 0 Å². The summed E-state index contributed by atoms with van der Waals surface area (Å²) in [6, 6.07) is 10.3. The van der Waals surface area contributed by atoms with Crippen molar-refractivity contribution in [2.45, 2.75) is 42.9 Å². The number of rotatable bonds is 12. The van der Waals surface area contributed by atoms with Crippen LogP contribution in [0, 0.1) is 0 Å². The highest BCUT2D eigenvalue weighted by Gasteiger charge is 2.46. The second-order valence-electron chi connectivity index (χ2n) is 11.0. The van der Waals surface area contributed by atoms with Crippen LogP contribution in [0.3, 0.4) is 0 Å². The van der Waals surface area contributed by atoms with Crippen LogP contribution in [0.25, 0.3) is 22.3 Å². The standard InChI is InChI=1S/C33H36O16/c1-43-21-6-14(4-5-17(21)37)31(49-33-30(42)29(41)28(40)25(12-34)48-33)26(13-35)47-32-23(44-2)7-15(8-24(32)45-3)20-11-19(39)27-18(38)9-16(36)10-22(27)46-20/h4-11,25-26,28-31,33-38,40-42H,12-13H2,1-3H3/t25-,26+,28-,29+,30-,31+,33+/m0/s1. The Balaban J connectivity index is 1.56. The van der Waals surface area contributed by atoms with Crippen LogP contribution in [0.15, 0.2) is 57.7 Å². The number of hydrogen-bond donors (Lipinski definition) is 8. The van der Waals surface area contributed by atoms with E-state index in [1.54, 1.807) is 0 Å². The van der Waals surface area contributed by atoms with Gasteiger partial charge in [-0.15, -0.1) is 0 Å². The third kappa shape index (κ3) is 7.02. The molecule has 7 atom stereocenters. The van der Waals surface area contributed by atoms with Gasteiger partial charge in [0.05, 0.1) is 34.5 Å². The number of aliphatic hydroxyl groups is 5. The summed E-state index contributed by atoms with van der Waals surface area (Å²) in [4.78, 5) is 12.9. The van der Waals surface area contributed by atoms with Crippen molar-refractivity contribution in [1.82, 2.24) is 0 Å². The zero-order chi connectivity index (χ0) is 35.6. The fourth-order valence-electron chi connectivity index (χ4n) is 5.46. The van der Waals surface area contributed by atoms with Crippen molar-refractivity contribution < 1.29 is 73.7 Å². The van der Waals surface area contributed by atoms with Gasteiger partial charge in [0.25, 0.3) is 0 Å². The average Bonchev–Trinajstić information content (AvgIpc) is 3.09. The maximum atomic E-state index is 12.9. The first kappa shape index (κ1) is 35.5. The molecule has 5 rings (SSSR count). The van der Waals surface area contributed by atoms with E-state index in [0.717, 1.165) is 12.1 Å². The maximum Gasteiger partial charge on any atom is 0.204 e. The SMILES string of the molecule is COc1cc([C@@H](O[C@H]2O[C@@H](CO)[C@H](O)[C@@H](O)[C@@H]2O)[C@@H](CO)Oc2c(OC)cc(-c3cc(=O)c4c(O)cc(O)cc4o3)cc2OC)ccc1O. The predicted molar refractivity (Wildman–Crippen MR) is 168 cm³/mol. The Morgan fingerprint density at radius 2 is 1.47 bits per heavy atom. The fourth-order valence-corrected chi connectivity index (χ4v) is 5.46. The lowest BCUT2D eigenvalue weighted by Crippen LogP contribution is -2.59. The number of fused-ring (bicyclic) bond motifs is 1. The lowest BCUT2D eigenvalue weighted by Gasteiger charge is -2.41. The van der Waals surface area contributed by atoms with Gasteiger partial charge in [0.15, 0.2) is 40.8 Å². The highest BCUT2D eigenvalue weighted by atomic mass is 16.7. The molecule has 1 aliphatic rings. The molecule has 0 spiro atoms. The molecule has 16 heteroatoms. The van der Waals surface area contributed by atoms with E-state index in [1.165, 1.54) is 57.7 Å². The van der Waals surface area contributed by atoms with Gasteiger partial charge in [-0.05, 0) is 29.8 Å². The number of aromatic hydroxyl groups is 3. The Hall–Kier alpha value is -4.81. The molecule has 0 saturated carbocycles. The number of hydrogen-bond acceptors (Lipinski definition) is 16. The Kier molecular flexibility index (Phi) is 10.7. The molecule has 16 nitrogen and oxygen atoms in total. The summed E-state index contributed by atoms with van der Waals surface area (Å²) in [5.41, 5.74) is -0.175. The molecule has 49 heavy (non-hydrogen) atoms. The molecule has 8 N–H and O–H groups in total. The lowest BCUT2D eigenvalue weighted by molar-refractivity contribution is -0.318. The first-order valence-electron chi connectivity index (χ1n) is 14.8. The van der Waals surface area contributed by atoms with Gasteiger partial charge in [-0.3, -0.25) is 4.79 Å². The molecular weight excluding hydrogens is 652 g/mol. The molecule has 0 aliphatic carbocycles. The van der Waals surface area contributed by atoms with Gasteiger partial charge < -0.3 is 73.7 Å². The lowest BCUT2D eigenvalue weighted by atomic mass is 9.98. The molecule has 0 bridgehead atoms. The summed E-state index contributed by atoms with van der Waals surface area (Å²) in [6.07, 6.45) is -10.9. The van der Waals surface area contributed by atoms with Crippen molar-refractivity contribution >= 4 is 11.0 Å². The van der Waals surface area contributed by atoms with Crippen LogP contribution >= 0.6 is 0 Å². The number of phenolic OH excluding ortho intramolecular Hbond substituents is 3. The van der Waals surface area contributed by atoms with Crippen LogP contribution in [-0.2, 0) is 9.47 Å². The summed E-state index contributed by atoms with van der Waals surface area (Å²) in [7, 11) is 3.95. The van der Waals surface area contributed by atoms with Gasteiger partial charge in [-0.1, -0.05) is 6.07 Å². The van der Waals surface area contributed by atoms with Crippen LogP contribution in [0.1, 0.15) is 11.7 Å². The quantitative estimate of drug-likeness (QED) is 0.103. The zero-order valence-electron chi connectivity index (χ0n) is 26.4. The molecule has 0 amide bonds. The Labute approximate surface area is 278 Å². The smallest absolute Gasteiger partial charge is 0.204 e. The maximum absolute atomic E-state index is 12.9. The molecule has 0 radical (unpaired) electrons. The minimum Gasteiger partial charge on any atom is -0.508 e. The van der Waals surface area contributed by atoms with Gasteiger partial charge in [0.2, 0.25) is 5.75 Å². The van der Waals surface area contributed by atoms with E-state index >= 15 is 0 Å². The third-order valence-corrected chi connectivity index (χ3v) is 7.99. The van der Waals surface area contributed by atoms with Crippen molar-refractivity contribution in [3.8, 4) is 51.6 Å². The van der Waals surface area contributed by atoms with Crippen molar-refractivity contribution in [3.05, 3.63) is 64.3 Å². The molecule has 1 saturated heterocycles.